The molecule has 2 aliphatic rings. The fraction of sp³-hybridized carbons (Fsp3) is 0.424. The summed E-state index contributed by atoms with van der Waals surface area (Å²) in [5.74, 6) is -0.289. The number of nitrogens with one attached hydrogen (secondary N) is 1. The van der Waals surface area contributed by atoms with Crippen LogP contribution < -0.4 is 10.7 Å². The zero-order chi connectivity index (χ0) is 29.8. The van der Waals surface area contributed by atoms with Crippen LogP contribution in [0, 0.1) is 11.3 Å². The predicted octanol–water partition coefficient (Wildman–Crippen LogP) is 5.27. The van der Waals surface area contributed by atoms with Gasteiger partial charge in [-0.2, -0.15) is 5.10 Å². The summed E-state index contributed by atoms with van der Waals surface area (Å²) in [5, 5.41) is 8.29. The Morgan fingerprint density at radius 3 is 2.51 bits per heavy atom. The van der Waals surface area contributed by atoms with Crippen molar-refractivity contribution < 1.29 is 14.0 Å². The van der Waals surface area contributed by atoms with E-state index in [9.17, 15) is 14.4 Å². The van der Waals surface area contributed by atoms with E-state index in [1.807, 2.05) is 21.7 Å². The summed E-state index contributed by atoms with van der Waals surface area (Å²) in [4.78, 5) is 46.2. The highest BCUT2D eigenvalue weighted by atomic mass is 35.5. The highest BCUT2D eigenvalue weighted by Crippen LogP contribution is 2.47. The summed E-state index contributed by atoms with van der Waals surface area (Å²) in [5.41, 5.74) is 0.926. The van der Waals surface area contributed by atoms with Crippen LogP contribution in [0.2, 0.25) is 5.02 Å². The van der Waals surface area contributed by atoms with Crippen molar-refractivity contribution in [3.8, 4) is 0 Å². The number of piperidine rings is 1. The number of carbonyl (C=O) groups excluding carboxylic acids is 2. The van der Waals surface area contributed by atoms with Gasteiger partial charge in [0.05, 0.1) is 5.39 Å². The van der Waals surface area contributed by atoms with Gasteiger partial charge < -0.3 is 14.6 Å². The number of hydrogen-bond acceptors (Lipinski definition) is 6. The van der Waals surface area contributed by atoms with Crippen LogP contribution in [0.4, 0.5) is 0 Å². The number of likely N-dealkylation sites (tertiary alicyclic amines) is 1. The molecular weight excluding hydrogens is 566 g/mol. The second kappa shape index (κ2) is 12.7. The molecular formula is C33H36ClN5O4. The highest BCUT2D eigenvalue weighted by molar-refractivity contribution is 6.30. The molecule has 43 heavy (non-hydrogen) atoms. The molecule has 4 aromatic rings. The average Bonchev–Trinajstić information content (AvgIpc) is 3.55. The van der Waals surface area contributed by atoms with Crippen molar-refractivity contribution in [2.75, 3.05) is 13.1 Å². The normalized spacial score (nSPS) is 17.9. The monoisotopic (exact) mass is 601 g/mol. The van der Waals surface area contributed by atoms with E-state index in [-0.39, 0.29) is 28.9 Å². The molecule has 3 heterocycles. The molecule has 1 saturated carbocycles. The lowest BCUT2D eigenvalue weighted by molar-refractivity contribution is -0.136. The van der Waals surface area contributed by atoms with Crippen molar-refractivity contribution in [3.63, 3.8) is 0 Å². The maximum Gasteiger partial charge on any atom is 0.287 e. The number of amides is 2. The topological polar surface area (TPSA) is 110 Å². The molecule has 1 saturated heterocycles. The standard InChI is InChI=1S/C33H36ClN5O4/c34-25-12-10-23(11-13-25)18-27(37-31(41)30-19-28(40)26-8-4-5-9-29(26)43-30)32(42)38-16-14-33(15-17-38,20-39-22-35-21-36-39)24-6-2-1-3-7-24/h4-5,8-13,19,21-22,24,27H,1-3,6-7,14-18,20H2,(H,37,41)/t27-/m0/s1. The second-order valence-corrected chi connectivity index (χ2v) is 12.4. The SMILES string of the molecule is O=C(N[C@@H](Cc1ccc(Cl)cc1)C(=O)N1CCC(Cn2cncn2)(C2CCCCC2)CC1)c1cc(=O)c2ccccc2o1. The Balaban J connectivity index is 1.22. The fourth-order valence-corrected chi connectivity index (χ4v) is 7.07. The molecule has 0 unspecified atom stereocenters. The first-order chi connectivity index (χ1) is 20.9. The van der Waals surface area contributed by atoms with Gasteiger partial charge >= 0.3 is 0 Å². The van der Waals surface area contributed by atoms with Crippen LogP contribution in [0.1, 0.15) is 61.1 Å². The van der Waals surface area contributed by atoms with Gasteiger partial charge in [0.2, 0.25) is 5.91 Å². The molecule has 0 spiro atoms. The van der Waals surface area contributed by atoms with Crippen molar-refractivity contribution in [1.82, 2.24) is 25.0 Å². The summed E-state index contributed by atoms with van der Waals surface area (Å²) in [6, 6.07) is 14.4. The molecule has 1 N–H and O–H groups in total. The van der Waals surface area contributed by atoms with Crippen molar-refractivity contribution in [3.05, 3.63) is 93.8 Å². The lowest BCUT2D eigenvalue weighted by atomic mass is 9.63. The minimum absolute atomic E-state index is 0.0499. The van der Waals surface area contributed by atoms with E-state index in [0.717, 1.165) is 24.9 Å². The Kier molecular flexibility index (Phi) is 8.61. The Hall–Kier alpha value is -3.98. The molecule has 2 aromatic carbocycles. The summed E-state index contributed by atoms with van der Waals surface area (Å²) >= 11 is 6.10. The van der Waals surface area contributed by atoms with Crippen molar-refractivity contribution in [2.45, 2.75) is 64.0 Å². The zero-order valence-electron chi connectivity index (χ0n) is 24.1. The van der Waals surface area contributed by atoms with Crippen LogP contribution in [-0.4, -0.2) is 50.6 Å². The maximum atomic E-state index is 14.1. The Morgan fingerprint density at radius 1 is 1.05 bits per heavy atom. The Labute approximate surface area is 255 Å². The van der Waals surface area contributed by atoms with Crippen LogP contribution in [0.15, 0.2) is 76.5 Å². The quantitative estimate of drug-likeness (QED) is 0.295. The summed E-state index contributed by atoms with van der Waals surface area (Å²) < 4.78 is 7.71. The van der Waals surface area contributed by atoms with Gasteiger partial charge in [0.1, 0.15) is 24.3 Å². The van der Waals surface area contributed by atoms with E-state index in [1.165, 1.54) is 38.2 Å². The first kappa shape index (κ1) is 29.1. The van der Waals surface area contributed by atoms with E-state index < -0.39 is 11.9 Å². The van der Waals surface area contributed by atoms with Crippen molar-refractivity contribution in [1.29, 1.82) is 0 Å². The minimum atomic E-state index is -0.844. The van der Waals surface area contributed by atoms with Gasteiger partial charge in [-0.1, -0.05) is 55.1 Å². The molecule has 1 atom stereocenters. The van der Waals surface area contributed by atoms with Crippen LogP contribution in [-0.2, 0) is 17.8 Å². The molecule has 6 rings (SSSR count). The van der Waals surface area contributed by atoms with Gasteiger partial charge in [0, 0.05) is 37.1 Å². The number of fused-ring (bicyclic) bond motifs is 1. The van der Waals surface area contributed by atoms with E-state index in [0.29, 0.717) is 35.0 Å². The van der Waals surface area contributed by atoms with Crippen LogP contribution in [0.25, 0.3) is 11.0 Å². The minimum Gasteiger partial charge on any atom is -0.451 e. The van der Waals surface area contributed by atoms with Crippen molar-refractivity contribution in [2.24, 2.45) is 11.3 Å². The highest BCUT2D eigenvalue weighted by Gasteiger charge is 2.44. The smallest absolute Gasteiger partial charge is 0.287 e. The molecule has 9 nitrogen and oxygen atoms in total. The number of hydrogen-bond donors (Lipinski definition) is 1. The summed E-state index contributed by atoms with van der Waals surface area (Å²) in [6.45, 7) is 2.00. The molecule has 224 valence electrons. The number of nitrogens with zero attached hydrogens (tertiary/aromatic N) is 4. The number of aromatic nitrogens is 3. The molecule has 1 aliphatic carbocycles. The third-order valence-electron chi connectivity index (χ3n) is 9.30. The molecule has 0 radical (unpaired) electrons. The number of benzene rings is 2. The van der Waals surface area contributed by atoms with Crippen LogP contribution >= 0.6 is 11.6 Å². The Bertz CT molecular complexity index is 1620. The van der Waals surface area contributed by atoms with Gasteiger partial charge in [-0.15, -0.1) is 0 Å². The Morgan fingerprint density at radius 2 is 1.79 bits per heavy atom. The largest absolute Gasteiger partial charge is 0.451 e. The van der Waals surface area contributed by atoms with Crippen LogP contribution in [0.5, 0.6) is 0 Å². The molecule has 0 bridgehead atoms. The first-order valence-electron chi connectivity index (χ1n) is 15.1. The van der Waals surface area contributed by atoms with Gasteiger partial charge in [-0.3, -0.25) is 19.1 Å². The lowest BCUT2D eigenvalue weighted by Crippen LogP contribution is -2.54. The third kappa shape index (κ3) is 6.51. The number of rotatable bonds is 8. The number of halogens is 1. The molecule has 1 aliphatic heterocycles. The predicted molar refractivity (Wildman–Crippen MR) is 164 cm³/mol. The van der Waals surface area contributed by atoms with Gasteiger partial charge in [0.25, 0.3) is 5.91 Å². The lowest BCUT2D eigenvalue weighted by Gasteiger charge is -2.48. The molecule has 10 heteroatoms. The first-order valence-corrected chi connectivity index (χ1v) is 15.5. The van der Waals surface area contributed by atoms with Crippen molar-refractivity contribution >= 4 is 34.4 Å². The molecule has 2 fully saturated rings. The number of carbonyl (C=O) groups is 2. The second-order valence-electron chi connectivity index (χ2n) is 11.9. The van der Waals surface area contributed by atoms with Gasteiger partial charge in [-0.25, -0.2) is 4.98 Å². The van der Waals surface area contributed by atoms with Gasteiger partial charge in [-0.05, 0) is 66.8 Å². The van der Waals surface area contributed by atoms with Gasteiger partial charge in [0.15, 0.2) is 11.2 Å². The van der Waals surface area contributed by atoms with E-state index in [2.05, 4.69) is 15.4 Å². The maximum absolute atomic E-state index is 14.1. The third-order valence-corrected chi connectivity index (χ3v) is 9.55. The zero-order valence-corrected chi connectivity index (χ0v) is 24.8. The van der Waals surface area contributed by atoms with E-state index in [4.69, 9.17) is 16.0 Å². The van der Waals surface area contributed by atoms with E-state index >= 15 is 0 Å². The van der Waals surface area contributed by atoms with Crippen LogP contribution in [0.3, 0.4) is 0 Å². The summed E-state index contributed by atoms with van der Waals surface area (Å²) in [7, 11) is 0. The fourth-order valence-electron chi connectivity index (χ4n) is 6.94. The average molecular weight is 602 g/mol. The molecule has 2 amide bonds. The number of para-hydroxylation sites is 1. The summed E-state index contributed by atoms with van der Waals surface area (Å²) in [6.07, 6.45) is 11.5. The molecule has 2 aromatic heterocycles. The van der Waals surface area contributed by atoms with E-state index in [1.54, 1.807) is 49.1 Å².